The first-order valence-corrected chi connectivity index (χ1v) is 9.84. The van der Waals surface area contributed by atoms with Crippen molar-refractivity contribution in [3.8, 4) is 0 Å². The predicted molar refractivity (Wildman–Crippen MR) is 92.0 cm³/mol. The van der Waals surface area contributed by atoms with Gasteiger partial charge in [0.2, 0.25) is 10.0 Å². The summed E-state index contributed by atoms with van der Waals surface area (Å²) in [4.78, 5) is 4.33. The first kappa shape index (κ1) is 17.1. The molecule has 24 heavy (non-hydrogen) atoms. The van der Waals surface area contributed by atoms with Gasteiger partial charge >= 0.3 is 0 Å². The molecule has 0 amide bonds. The lowest BCUT2D eigenvalue weighted by Gasteiger charge is -2.19. The van der Waals surface area contributed by atoms with E-state index < -0.39 is 16.1 Å². The van der Waals surface area contributed by atoms with Crippen LogP contribution in [0.1, 0.15) is 36.7 Å². The molecule has 2 atom stereocenters. The summed E-state index contributed by atoms with van der Waals surface area (Å²) in [7, 11) is -1.58. The molecule has 0 radical (unpaired) electrons. The van der Waals surface area contributed by atoms with Gasteiger partial charge in [-0.2, -0.15) is 0 Å². The third-order valence-electron chi connectivity index (χ3n) is 4.28. The summed E-state index contributed by atoms with van der Waals surface area (Å²) in [5, 5.41) is 0. The summed E-state index contributed by atoms with van der Waals surface area (Å²) in [6, 6.07) is 9.01. The van der Waals surface area contributed by atoms with Crippen LogP contribution in [0, 0.1) is 0 Å². The van der Waals surface area contributed by atoms with Crippen molar-refractivity contribution in [3.05, 3.63) is 54.1 Å². The number of benzene rings is 1. The van der Waals surface area contributed by atoms with Crippen LogP contribution in [0.15, 0.2) is 42.7 Å². The van der Waals surface area contributed by atoms with Crippen LogP contribution < -0.4 is 4.72 Å². The van der Waals surface area contributed by atoms with Crippen LogP contribution in [-0.4, -0.2) is 36.4 Å². The fraction of sp³-hybridized carbons (Fsp3) is 0.471. The molecule has 1 aliphatic rings. The van der Waals surface area contributed by atoms with Gasteiger partial charge in [-0.1, -0.05) is 30.3 Å². The molecule has 1 fully saturated rings. The molecule has 3 rings (SSSR count). The smallest absolute Gasteiger partial charge is 0.212 e. The monoisotopic (exact) mass is 349 g/mol. The van der Waals surface area contributed by atoms with Crippen LogP contribution in [0.25, 0.3) is 0 Å². The van der Waals surface area contributed by atoms with E-state index in [1.807, 2.05) is 48.1 Å². The Kier molecular flexibility index (Phi) is 5.33. The number of ether oxygens (including phenoxy) is 1. The Morgan fingerprint density at radius 3 is 2.79 bits per heavy atom. The van der Waals surface area contributed by atoms with Gasteiger partial charge < -0.3 is 9.30 Å². The van der Waals surface area contributed by atoms with Gasteiger partial charge in [0, 0.05) is 26.0 Å². The summed E-state index contributed by atoms with van der Waals surface area (Å²) in [6.07, 6.45) is 6.02. The topological polar surface area (TPSA) is 73.2 Å². The van der Waals surface area contributed by atoms with Crippen molar-refractivity contribution in [2.75, 3.05) is 12.4 Å². The first-order valence-electron chi connectivity index (χ1n) is 8.19. The van der Waals surface area contributed by atoms with E-state index in [2.05, 4.69) is 9.71 Å². The summed E-state index contributed by atoms with van der Waals surface area (Å²) in [6.45, 7) is 0.734. The summed E-state index contributed by atoms with van der Waals surface area (Å²) in [5.41, 5.74) is 0.868. The molecule has 0 unspecified atom stereocenters. The lowest BCUT2D eigenvalue weighted by atomic mass is 10.1. The van der Waals surface area contributed by atoms with Gasteiger partial charge in [-0.15, -0.1) is 0 Å². The highest BCUT2D eigenvalue weighted by Crippen LogP contribution is 2.22. The quantitative estimate of drug-likeness (QED) is 0.830. The van der Waals surface area contributed by atoms with Gasteiger partial charge in [0.15, 0.2) is 0 Å². The number of hydrogen-bond acceptors (Lipinski definition) is 4. The second kappa shape index (κ2) is 7.46. The molecule has 2 aromatic rings. The van der Waals surface area contributed by atoms with Gasteiger partial charge in [0.25, 0.3) is 0 Å². The molecule has 1 saturated heterocycles. The van der Waals surface area contributed by atoms with E-state index in [-0.39, 0.29) is 11.9 Å². The predicted octanol–water partition coefficient (Wildman–Crippen LogP) is 2.00. The van der Waals surface area contributed by atoms with E-state index in [1.165, 1.54) is 0 Å². The number of imidazole rings is 1. The number of rotatable bonds is 7. The van der Waals surface area contributed by atoms with E-state index in [0.717, 1.165) is 25.0 Å². The molecule has 1 N–H and O–H groups in total. The van der Waals surface area contributed by atoms with E-state index in [9.17, 15) is 8.42 Å². The molecule has 0 spiro atoms. The highest BCUT2D eigenvalue weighted by Gasteiger charge is 2.26. The average Bonchev–Trinajstić information content (AvgIpc) is 3.23. The third-order valence-corrected chi connectivity index (χ3v) is 5.65. The Hall–Kier alpha value is -1.70. The second-order valence-electron chi connectivity index (χ2n) is 6.10. The van der Waals surface area contributed by atoms with Gasteiger partial charge in [-0.25, -0.2) is 18.1 Å². The Morgan fingerprint density at radius 2 is 2.17 bits per heavy atom. The lowest BCUT2D eigenvalue weighted by molar-refractivity contribution is 0.109. The molecule has 2 heterocycles. The molecule has 1 aromatic heterocycles. The molecular formula is C17H23N3O3S. The first-order chi connectivity index (χ1) is 11.6. The molecule has 1 aliphatic heterocycles. The summed E-state index contributed by atoms with van der Waals surface area (Å²) >= 11 is 0. The van der Waals surface area contributed by atoms with Gasteiger partial charge in [-0.05, 0) is 24.8 Å². The maximum atomic E-state index is 12.6. The standard InChI is InChI=1S/C17H23N3O3S/c1-20-11-10-18-17(20)16(14-6-3-2-4-7-14)19-24(21,22)13-9-15-8-5-12-23-15/h2-4,6-7,10-11,15-16,19H,5,8-9,12-13H2,1H3/t15-,16-/m1/s1. The van der Waals surface area contributed by atoms with Crippen LogP contribution in [-0.2, 0) is 21.8 Å². The number of aromatic nitrogens is 2. The summed E-state index contributed by atoms with van der Waals surface area (Å²) < 4.78 is 35.3. The van der Waals surface area contributed by atoms with Gasteiger partial charge in [0.05, 0.1) is 11.9 Å². The SMILES string of the molecule is Cn1ccnc1[C@H](NS(=O)(=O)CC[C@H]1CCCO1)c1ccccc1. The van der Waals surface area contributed by atoms with E-state index in [0.29, 0.717) is 12.2 Å². The Bertz CT molecular complexity index is 752. The van der Waals surface area contributed by atoms with Gasteiger partial charge in [0.1, 0.15) is 11.9 Å². The van der Waals surface area contributed by atoms with Crippen molar-refractivity contribution in [2.24, 2.45) is 7.05 Å². The molecule has 130 valence electrons. The minimum atomic E-state index is -3.44. The van der Waals surface area contributed by atoms with Crippen LogP contribution >= 0.6 is 0 Å². The highest BCUT2D eigenvalue weighted by molar-refractivity contribution is 7.89. The van der Waals surface area contributed by atoms with E-state index >= 15 is 0 Å². The molecule has 6 nitrogen and oxygen atoms in total. The zero-order valence-electron chi connectivity index (χ0n) is 13.8. The minimum Gasteiger partial charge on any atom is -0.378 e. The molecule has 0 saturated carbocycles. The molecular weight excluding hydrogens is 326 g/mol. The van der Waals surface area contributed by atoms with E-state index in [4.69, 9.17) is 4.74 Å². The number of nitrogens with zero attached hydrogens (tertiary/aromatic N) is 2. The summed E-state index contributed by atoms with van der Waals surface area (Å²) in [5.74, 6) is 0.729. The van der Waals surface area contributed by atoms with Crippen molar-refractivity contribution in [1.29, 1.82) is 0 Å². The molecule has 0 aliphatic carbocycles. The van der Waals surface area contributed by atoms with Crippen LogP contribution in [0.3, 0.4) is 0 Å². The fourth-order valence-electron chi connectivity index (χ4n) is 2.97. The average molecular weight is 349 g/mol. The van der Waals surface area contributed by atoms with Crippen molar-refractivity contribution < 1.29 is 13.2 Å². The van der Waals surface area contributed by atoms with Crippen LogP contribution in [0.4, 0.5) is 0 Å². The number of nitrogens with one attached hydrogen (secondary N) is 1. The van der Waals surface area contributed by atoms with Crippen molar-refractivity contribution in [2.45, 2.75) is 31.4 Å². The molecule has 1 aromatic carbocycles. The highest BCUT2D eigenvalue weighted by atomic mass is 32.2. The number of sulfonamides is 1. The second-order valence-corrected chi connectivity index (χ2v) is 7.97. The van der Waals surface area contributed by atoms with Crippen molar-refractivity contribution >= 4 is 10.0 Å². The zero-order valence-corrected chi connectivity index (χ0v) is 14.6. The number of hydrogen-bond donors (Lipinski definition) is 1. The van der Waals surface area contributed by atoms with Crippen LogP contribution in [0.2, 0.25) is 0 Å². The molecule has 7 heteroatoms. The molecule has 0 bridgehead atoms. The third kappa shape index (κ3) is 4.23. The maximum Gasteiger partial charge on any atom is 0.212 e. The number of aryl methyl sites for hydroxylation is 1. The minimum absolute atomic E-state index is 0.0601. The Balaban J connectivity index is 1.77. The van der Waals surface area contributed by atoms with Crippen molar-refractivity contribution in [1.82, 2.24) is 14.3 Å². The van der Waals surface area contributed by atoms with E-state index in [1.54, 1.807) is 6.20 Å². The largest absolute Gasteiger partial charge is 0.378 e. The van der Waals surface area contributed by atoms with Crippen molar-refractivity contribution in [3.63, 3.8) is 0 Å². The maximum absolute atomic E-state index is 12.6. The Labute approximate surface area is 142 Å². The fourth-order valence-corrected chi connectivity index (χ4v) is 4.26. The lowest BCUT2D eigenvalue weighted by Crippen LogP contribution is -2.33. The normalized spacial score (nSPS) is 19.5. The zero-order chi connectivity index (χ0) is 17.0. The van der Waals surface area contributed by atoms with Gasteiger partial charge in [-0.3, -0.25) is 0 Å². The Morgan fingerprint density at radius 1 is 1.38 bits per heavy atom. The van der Waals surface area contributed by atoms with Crippen LogP contribution in [0.5, 0.6) is 0 Å².